The molecule has 0 saturated carbocycles. The summed E-state index contributed by atoms with van der Waals surface area (Å²) in [7, 11) is 0. The van der Waals surface area contributed by atoms with Crippen LogP contribution in [0.5, 0.6) is 0 Å². The van der Waals surface area contributed by atoms with Crippen LogP contribution >= 0.6 is 0 Å². The molecule has 0 bridgehead atoms. The first-order valence-electron chi connectivity index (χ1n) is 17.4. The van der Waals surface area contributed by atoms with E-state index in [0.29, 0.717) is 0 Å². The smallest absolute Gasteiger partial charge is 0.137 e. The molecule has 2 aromatic heterocycles. The van der Waals surface area contributed by atoms with Crippen molar-refractivity contribution in [1.29, 1.82) is 0 Å². The van der Waals surface area contributed by atoms with Gasteiger partial charge in [0.1, 0.15) is 11.2 Å². The van der Waals surface area contributed by atoms with E-state index in [-0.39, 0.29) is 0 Å². The van der Waals surface area contributed by atoms with Crippen molar-refractivity contribution in [2.45, 2.75) is 0 Å². The minimum absolute atomic E-state index is 0.867. The van der Waals surface area contributed by atoms with Crippen LogP contribution in [0.4, 0.5) is 17.1 Å². The van der Waals surface area contributed by atoms with Crippen LogP contribution in [-0.2, 0) is 0 Å². The molecule has 51 heavy (non-hydrogen) atoms. The molecule has 3 heteroatoms. The van der Waals surface area contributed by atoms with Gasteiger partial charge in [-0.3, -0.25) is 0 Å². The van der Waals surface area contributed by atoms with Crippen molar-refractivity contribution in [3.63, 3.8) is 0 Å². The molecule has 0 saturated heterocycles. The summed E-state index contributed by atoms with van der Waals surface area (Å²) in [4.78, 5) is 2.38. The Morgan fingerprint density at radius 1 is 0.392 bits per heavy atom. The highest BCUT2D eigenvalue weighted by molar-refractivity contribution is 6.17. The molecule has 10 rings (SSSR count). The molecule has 0 N–H and O–H groups in total. The van der Waals surface area contributed by atoms with E-state index < -0.39 is 0 Å². The molecule has 0 amide bonds. The number of benzene rings is 8. The standard InChI is InChI=1S/C48H32N2O/c1-4-14-33(15-5-1)34-26-28-37(29-27-34)49(43-23-13-25-46-48(43)41-20-10-11-24-45(41)51-46)38-30-31-40-44(32-38)50(36-18-8-3-9-19-36)42-22-12-21-39(47(40)42)35-16-6-2-7-17-35/h1-32H. The van der Waals surface area contributed by atoms with E-state index >= 15 is 0 Å². The van der Waals surface area contributed by atoms with E-state index in [1.807, 2.05) is 12.1 Å². The molecular formula is C48H32N2O. The van der Waals surface area contributed by atoms with Gasteiger partial charge in [0.15, 0.2) is 0 Å². The maximum Gasteiger partial charge on any atom is 0.137 e. The fraction of sp³-hybridized carbons (Fsp3) is 0. The Bertz CT molecular complexity index is 2830. The first kappa shape index (κ1) is 29.1. The lowest BCUT2D eigenvalue weighted by molar-refractivity contribution is 0.669. The molecule has 0 aliphatic rings. The van der Waals surface area contributed by atoms with Crippen LogP contribution in [-0.4, -0.2) is 4.57 Å². The van der Waals surface area contributed by atoms with Gasteiger partial charge in [-0.2, -0.15) is 0 Å². The van der Waals surface area contributed by atoms with Gasteiger partial charge in [0, 0.05) is 33.2 Å². The normalized spacial score (nSPS) is 11.5. The van der Waals surface area contributed by atoms with E-state index in [1.54, 1.807) is 0 Å². The summed E-state index contributed by atoms with van der Waals surface area (Å²) in [6.45, 7) is 0. The monoisotopic (exact) mass is 652 g/mol. The van der Waals surface area contributed by atoms with Gasteiger partial charge in [0.05, 0.1) is 22.1 Å². The summed E-state index contributed by atoms with van der Waals surface area (Å²) in [5.41, 5.74) is 13.2. The maximum atomic E-state index is 6.40. The van der Waals surface area contributed by atoms with E-state index in [9.17, 15) is 0 Å². The summed E-state index contributed by atoms with van der Waals surface area (Å²) in [6.07, 6.45) is 0. The Morgan fingerprint density at radius 3 is 1.80 bits per heavy atom. The van der Waals surface area contributed by atoms with Gasteiger partial charge in [-0.15, -0.1) is 0 Å². The molecule has 10 aromatic rings. The predicted octanol–water partition coefficient (Wildman–Crippen LogP) is 13.5. The summed E-state index contributed by atoms with van der Waals surface area (Å²) in [6, 6.07) is 69.1. The highest BCUT2D eigenvalue weighted by Gasteiger charge is 2.22. The number of aromatic nitrogens is 1. The van der Waals surface area contributed by atoms with Gasteiger partial charge in [-0.05, 0) is 82.9 Å². The van der Waals surface area contributed by atoms with Crippen molar-refractivity contribution in [1.82, 2.24) is 4.57 Å². The van der Waals surface area contributed by atoms with Crippen molar-refractivity contribution in [3.05, 3.63) is 194 Å². The van der Waals surface area contributed by atoms with Crippen LogP contribution in [0.2, 0.25) is 0 Å². The molecule has 8 aromatic carbocycles. The van der Waals surface area contributed by atoms with E-state index in [0.717, 1.165) is 50.2 Å². The summed E-state index contributed by atoms with van der Waals surface area (Å²) < 4.78 is 8.81. The van der Waals surface area contributed by atoms with Gasteiger partial charge < -0.3 is 13.9 Å². The number of anilines is 3. The van der Waals surface area contributed by atoms with Gasteiger partial charge in [-0.1, -0.05) is 133 Å². The fourth-order valence-electron chi connectivity index (χ4n) is 7.71. The zero-order chi connectivity index (χ0) is 33.7. The first-order valence-corrected chi connectivity index (χ1v) is 17.4. The number of rotatable bonds is 6. The van der Waals surface area contributed by atoms with Crippen LogP contribution in [0.1, 0.15) is 0 Å². The molecule has 0 aliphatic carbocycles. The first-order chi connectivity index (χ1) is 25.3. The lowest BCUT2D eigenvalue weighted by Crippen LogP contribution is -2.10. The van der Waals surface area contributed by atoms with Crippen LogP contribution in [0.15, 0.2) is 199 Å². The average molecular weight is 653 g/mol. The minimum Gasteiger partial charge on any atom is -0.456 e. The molecule has 0 unspecified atom stereocenters. The quantitative estimate of drug-likeness (QED) is 0.178. The summed E-state index contributed by atoms with van der Waals surface area (Å²) in [5.74, 6) is 0. The lowest BCUT2D eigenvalue weighted by Gasteiger charge is -2.27. The van der Waals surface area contributed by atoms with Crippen molar-refractivity contribution >= 4 is 60.8 Å². The molecule has 0 radical (unpaired) electrons. The highest BCUT2D eigenvalue weighted by Crippen LogP contribution is 2.46. The molecule has 240 valence electrons. The Labute approximate surface area is 295 Å². The number of hydrogen-bond acceptors (Lipinski definition) is 2. The Kier molecular flexibility index (Phi) is 6.81. The number of fused-ring (bicyclic) bond motifs is 6. The summed E-state index contributed by atoms with van der Waals surface area (Å²) in [5, 5.41) is 4.65. The second kappa shape index (κ2) is 11.9. The topological polar surface area (TPSA) is 21.3 Å². The van der Waals surface area contributed by atoms with Crippen LogP contribution in [0.3, 0.4) is 0 Å². The van der Waals surface area contributed by atoms with Crippen molar-refractivity contribution in [2.24, 2.45) is 0 Å². The van der Waals surface area contributed by atoms with Gasteiger partial charge >= 0.3 is 0 Å². The molecule has 2 heterocycles. The molecule has 3 nitrogen and oxygen atoms in total. The summed E-state index contributed by atoms with van der Waals surface area (Å²) >= 11 is 0. The van der Waals surface area contributed by atoms with Gasteiger partial charge in [-0.25, -0.2) is 0 Å². The molecule has 0 spiro atoms. The van der Waals surface area contributed by atoms with E-state index in [2.05, 4.69) is 191 Å². The average Bonchev–Trinajstić information content (AvgIpc) is 3.75. The van der Waals surface area contributed by atoms with Crippen LogP contribution < -0.4 is 4.90 Å². The van der Waals surface area contributed by atoms with Crippen LogP contribution in [0, 0.1) is 0 Å². The molecular weight excluding hydrogens is 621 g/mol. The number of nitrogens with zero attached hydrogens (tertiary/aromatic N) is 2. The van der Waals surface area contributed by atoms with E-state index in [1.165, 1.54) is 38.5 Å². The fourth-order valence-corrected chi connectivity index (χ4v) is 7.71. The second-order valence-corrected chi connectivity index (χ2v) is 12.9. The SMILES string of the molecule is c1ccc(-c2ccc(N(c3ccc4c5c(-c6ccccc6)cccc5n(-c5ccccc5)c4c3)c3cccc4oc5ccccc5c34)cc2)cc1. The number of furan rings is 1. The predicted molar refractivity (Wildman–Crippen MR) is 214 cm³/mol. The van der Waals surface area contributed by atoms with Crippen molar-refractivity contribution in [3.8, 4) is 27.9 Å². The Balaban J connectivity index is 1.26. The number of hydrogen-bond donors (Lipinski definition) is 0. The van der Waals surface area contributed by atoms with Crippen LogP contribution in [0.25, 0.3) is 71.7 Å². The zero-order valence-electron chi connectivity index (χ0n) is 27.8. The van der Waals surface area contributed by atoms with Gasteiger partial charge in [0.25, 0.3) is 0 Å². The van der Waals surface area contributed by atoms with Gasteiger partial charge in [0.2, 0.25) is 0 Å². The molecule has 0 aliphatic heterocycles. The Hall–Kier alpha value is -6.84. The lowest BCUT2D eigenvalue weighted by atomic mass is 9.99. The molecule has 0 atom stereocenters. The third-order valence-electron chi connectivity index (χ3n) is 9.99. The van der Waals surface area contributed by atoms with Crippen molar-refractivity contribution < 1.29 is 4.42 Å². The number of para-hydroxylation sites is 2. The largest absolute Gasteiger partial charge is 0.456 e. The highest BCUT2D eigenvalue weighted by atomic mass is 16.3. The Morgan fingerprint density at radius 2 is 1.02 bits per heavy atom. The maximum absolute atomic E-state index is 6.40. The van der Waals surface area contributed by atoms with E-state index in [4.69, 9.17) is 4.42 Å². The third-order valence-corrected chi connectivity index (χ3v) is 9.99. The zero-order valence-corrected chi connectivity index (χ0v) is 27.8. The minimum atomic E-state index is 0.867. The third kappa shape index (κ3) is 4.82. The second-order valence-electron chi connectivity index (χ2n) is 12.9. The van der Waals surface area contributed by atoms with Crippen molar-refractivity contribution in [2.75, 3.05) is 4.90 Å². The molecule has 0 fully saturated rings.